The van der Waals surface area contributed by atoms with E-state index in [-0.39, 0.29) is 30.5 Å². The molecule has 1 aromatic carbocycles. The van der Waals surface area contributed by atoms with Crippen molar-refractivity contribution in [1.82, 2.24) is 20.5 Å². The Bertz CT molecular complexity index is 1200. The molecule has 3 aromatic heterocycles. The molecule has 0 aliphatic heterocycles. The molecule has 1 aliphatic carbocycles. The van der Waals surface area contributed by atoms with Crippen LogP contribution in [0.5, 0.6) is 0 Å². The normalized spacial score (nSPS) is 15.0. The van der Waals surface area contributed by atoms with Crippen molar-refractivity contribution in [3.05, 3.63) is 51.6 Å². The number of rotatable bonds is 6. The standard InChI is InChI=1S/C19H16FN5O2S2/c20-17-11(10-3-6-28-9-10)1-2-12-18(17)29-16(22-12)8-15-25-24-14(27-15)7-13(26)23-19(21)4-5-19/h1-3,6,9H,4-5,7-8,21H2,(H,23,26). The van der Waals surface area contributed by atoms with E-state index in [9.17, 15) is 9.18 Å². The van der Waals surface area contributed by atoms with E-state index in [4.69, 9.17) is 10.2 Å². The van der Waals surface area contributed by atoms with E-state index < -0.39 is 5.66 Å². The van der Waals surface area contributed by atoms with E-state index in [1.165, 1.54) is 22.7 Å². The molecule has 5 rings (SSSR count). The van der Waals surface area contributed by atoms with Crippen LogP contribution in [0.25, 0.3) is 21.3 Å². The summed E-state index contributed by atoms with van der Waals surface area (Å²) in [5.41, 5.74) is 7.30. The van der Waals surface area contributed by atoms with E-state index in [2.05, 4.69) is 20.5 Å². The van der Waals surface area contributed by atoms with Gasteiger partial charge in [-0.15, -0.1) is 21.5 Å². The number of hydrogen-bond donors (Lipinski definition) is 2. The highest BCUT2D eigenvalue weighted by atomic mass is 32.1. The Balaban J connectivity index is 1.32. The van der Waals surface area contributed by atoms with Crippen molar-refractivity contribution in [2.45, 2.75) is 31.3 Å². The van der Waals surface area contributed by atoms with Crippen molar-refractivity contribution < 1.29 is 13.6 Å². The first kappa shape index (κ1) is 18.3. The molecule has 1 fully saturated rings. The molecule has 0 spiro atoms. The molecule has 3 N–H and O–H groups in total. The monoisotopic (exact) mass is 429 g/mol. The van der Waals surface area contributed by atoms with Crippen LogP contribution in [-0.4, -0.2) is 26.8 Å². The first-order valence-electron chi connectivity index (χ1n) is 9.01. The number of nitrogens with one attached hydrogen (secondary N) is 1. The fourth-order valence-corrected chi connectivity index (χ4v) is 4.65. The van der Waals surface area contributed by atoms with Crippen molar-refractivity contribution >= 4 is 38.8 Å². The van der Waals surface area contributed by atoms with Crippen molar-refractivity contribution in [1.29, 1.82) is 0 Å². The van der Waals surface area contributed by atoms with Crippen LogP contribution in [0.3, 0.4) is 0 Å². The largest absolute Gasteiger partial charge is 0.424 e. The maximum atomic E-state index is 14.9. The summed E-state index contributed by atoms with van der Waals surface area (Å²) in [7, 11) is 0. The Labute approximate surface area is 172 Å². The second-order valence-corrected chi connectivity index (χ2v) is 8.91. The molecule has 0 unspecified atom stereocenters. The van der Waals surface area contributed by atoms with Gasteiger partial charge in [0.2, 0.25) is 17.7 Å². The van der Waals surface area contributed by atoms with E-state index in [1.807, 2.05) is 22.9 Å². The zero-order valence-electron chi connectivity index (χ0n) is 15.1. The lowest BCUT2D eigenvalue weighted by Gasteiger charge is -2.09. The number of halogens is 1. The lowest BCUT2D eigenvalue weighted by atomic mass is 10.1. The molecule has 3 heterocycles. The molecule has 148 valence electrons. The number of aromatic nitrogens is 3. The maximum Gasteiger partial charge on any atom is 0.230 e. The maximum absolute atomic E-state index is 14.9. The van der Waals surface area contributed by atoms with Crippen LogP contribution in [0.15, 0.2) is 33.4 Å². The van der Waals surface area contributed by atoms with Gasteiger partial charge in [0.1, 0.15) is 17.2 Å². The van der Waals surface area contributed by atoms with Crippen LogP contribution in [0.4, 0.5) is 4.39 Å². The fourth-order valence-electron chi connectivity index (χ4n) is 3.00. The predicted molar refractivity (Wildman–Crippen MR) is 108 cm³/mol. The molecule has 1 saturated carbocycles. The molecule has 1 amide bonds. The molecule has 0 atom stereocenters. The highest BCUT2D eigenvalue weighted by Gasteiger charge is 2.39. The van der Waals surface area contributed by atoms with Gasteiger partial charge in [-0.1, -0.05) is 0 Å². The van der Waals surface area contributed by atoms with Gasteiger partial charge in [-0.3, -0.25) is 4.79 Å². The second kappa shape index (κ2) is 6.97. The van der Waals surface area contributed by atoms with Gasteiger partial charge < -0.3 is 15.5 Å². The summed E-state index contributed by atoms with van der Waals surface area (Å²) in [4.78, 5) is 16.4. The number of carbonyl (C=O) groups excluding carboxylic acids is 1. The zero-order valence-corrected chi connectivity index (χ0v) is 16.8. The Hall–Kier alpha value is -2.69. The quantitative estimate of drug-likeness (QED) is 0.456. The summed E-state index contributed by atoms with van der Waals surface area (Å²) in [6, 6.07) is 5.45. The molecule has 0 radical (unpaired) electrons. The molecule has 4 aromatic rings. The minimum Gasteiger partial charge on any atom is -0.424 e. The lowest BCUT2D eigenvalue weighted by molar-refractivity contribution is -0.121. The second-order valence-electron chi connectivity index (χ2n) is 7.04. The van der Waals surface area contributed by atoms with Crippen molar-refractivity contribution in [3.8, 4) is 11.1 Å². The molecule has 7 nitrogen and oxygen atoms in total. The summed E-state index contributed by atoms with van der Waals surface area (Å²) in [6.45, 7) is 0. The lowest BCUT2D eigenvalue weighted by Crippen LogP contribution is -2.44. The van der Waals surface area contributed by atoms with E-state index in [1.54, 1.807) is 6.07 Å². The first-order valence-corrected chi connectivity index (χ1v) is 10.8. The summed E-state index contributed by atoms with van der Waals surface area (Å²) in [5, 5.41) is 15.1. The Morgan fingerprint density at radius 1 is 1.28 bits per heavy atom. The van der Waals surface area contributed by atoms with Gasteiger partial charge in [-0.2, -0.15) is 11.3 Å². The number of benzene rings is 1. The van der Waals surface area contributed by atoms with Crippen molar-refractivity contribution in [2.24, 2.45) is 5.73 Å². The van der Waals surface area contributed by atoms with Crippen LogP contribution in [-0.2, 0) is 17.6 Å². The fraction of sp³-hybridized carbons (Fsp3) is 0.263. The predicted octanol–water partition coefficient (Wildman–Crippen LogP) is 3.25. The van der Waals surface area contributed by atoms with Crippen LogP contribution in [0.2, 0.25) is 0 Å². The summed E-state index contributed by atoms with van der Waals surface area (Å²) in [5.74, 6) is 0.0274. The topological polar surface area (TPSA) is 107 Å². The SMILES string of the molecule is NC1(NC(=O)Cc2nnc(Cc3nc4ccc(-c5ccsc5)c(F)c4s3)o2)CC1. The number of hydrogen-bond acceptors (Lipinski definition) is 8. The third-order valence-electron chi connectivity index (χ3n) is 4.67. The third kappa shape index (κ3) is 3.78. The van der Waals surface area contributed by atoms with Gasteiger partial charge in [-0.25, -0.2) is 9.37 Å². The number of fused-ring (bicyclic) bond motifs is 1. The Morgan fingerprint density at radius 3 is 2.86 bits per heavy atom. The molecule has 1 aliphatic rings. The average Bonchev–Trinajstić information content (AvgIpc) is 3.12. The minimum atomic E-state index is -0.577. The highest BCUT2D eigenvalue weighted by Crippen LogP contribution is 2.34. The summed E-state index contributed by atoms with van der Waals surface area (Å²) < 4.78 is 21.0. The van der Waals surface area contributed by atoms with Gasteiger partial charge >= 0.3 is 0 Å². The number of thiophene rings is 1. The third-order valence-corrected chi connectivity index (χ3v) is 6.42. The Morgan fingerprint density at radius 2 is 2.10 bits per heavy atom. The first-order chi connectivity index (χ1) is 14.0. The van der Waals surface area contributed by atoms with Crippen LogP contribution in [0, 0.1) is 5.82 Å². The molecular weight excluding hydrogens is 413 g/mol. The van der Waals surface area contributed by atoms with Gasteiger partial charge in [-0.05, 0) is 47.4 Å². The summed E-state index contributed by atoms with van der Waals surface area (Å²) in [6.07, 6.45) is 1.80. The Kier molecular flexibility index (Phi) is 4.41. The highest BCUT2D eigenvalue weighted by molar-refractivity contribution is 7.18. The van der Waals surface area contributed by atoms with Gasteiger partial charge in [0.05, 0.1) is 22.3 Å². The van der Waals surface area contributed by atoms with E-state index in [0.29, 0.717) is 26.7 Å². The van der Waals surface area contributed by atoms with E-state index >= 15 is 0 Å². The number of thiazole rings is 1. The molecule has 29 heavy (non-hydrogen) atoms. The molecule has 0 saturated heterocycles. The van der Waals surface area contributed by atoms with E-state index in [0.717, 1.165) is 18.4 Å². The van der Waals surface area contributed by atoms with Gasteiger partial charge in [0, 0.05) is 5.56 Å². The molecule has 0 bridgehead atoms. The molecule has 10 heteroatoms. The average molecular weight is 430 g/mol. The smallest absolute Gasteiger partial charge is 0.230 e. The van der Waals surface area contributed by atoms with Crippen LogP contribution in [0.1, 0.15) is 29.6 Å². The number of carbonyl (C=O) groups is 1. The number of nitrogens with two attached hydrogens (primary N) is 1. The van der Waals surface area contributed by atoms with Crippen LogP contribution < -0.4 is 11.1 Å². The van der Waals surface area contributed by atoms with Crippen LogP contribution >= 0.6 is 22.7 Å². The summed E-state index contributed by atoms with van der Waals surface area (Å²) >= 11 is 2.79. The molecular formula is C19H16FN5O2S2. The van der Waals surface area contributed by atoms with Crippen molar-refractivity contribution in [3.63, 3.8) is 0 Å². The zero-order chi connectivity index (χ0) is 20.0. The van der Waals surface area contributed by atoms with Gasteiger partial charge in [0.15, 0.2) is 0 Å². The van der Waals surface area contributed by atoms with Crippen molar-refractivity contribution in [2.75, 3.05) is 0 Å². The number of amides is 1. The van der Waals surface area contributed by atoms with Gasteiger partial charge in [0.25, 0.3) is 0 Å². The number of nitrogens with zero attached hydrogens (tertiary/aromatic N) is 3. The minimum absolute atomic E-state index is 0.0234.